The third-order valence-electron chi connectivity index (χ3n) is 2.34. The van der Waals surface area contributed by atoms with Gasteiger partial charge in [-0.2, -0.15) is 0 Å². The Morgan fingerprint density at radius 1 is 1.17 bits per heavy atom. The molecule has 0 saturated heterocycles. The average Bonchev–Trinajstić information content (AvgIpc) is 2.38. The van der Waals surface area contributed by atoms with Crippen LogP contribution in [0.5, 0.6) is 0 Å². The molecular weight excluding hydrogens is 234 g/mol. The van der Waals surface area contributed by atoms with E-state index in [4.69, 9.17) is 5.73 Å². The topological polar surface area (TPSA) is 106 Å². The average molecular weight is 245 g/mol. The number of hydrogen-bond acceptors (Lipinski definition) is 5. The van der Waals surface area contributed by atoms with Crippen LogP contribution >= 0.6 is 0 Å². The number of nitrogen functional groups attached to an aromatic ring is 1. The third-order valence-corrected chi connectivity index (χ3v) is 2.34. The van der Waals surface area contributed by atoms with Crippen molar-refractivity contribution in [3.63, 3.8) is 0 Å². The predicted octanol–water partition coefficient (Wildman–Crippen LogP) is 1.07. The maximum atomic E-state index is 11.4. The Balaban J connectivity index is 2.50. The largest absolute Gasteiger partial charge is 0.391 e. The third kappa shape index (κ3) is 2.19. The lowest BCUT2D eigenvalue weighted by Gasteiger charge is -2.03. The van der Waals surface area contributed by atoms with E-state index in [0.717, 1.165) is 4.57 Å². The zero-order chi connectivity index (χ0) is 13.1. The second-order valence-corrected chi connectivity index (χ2v) is 3.59. The molecule has 0 bridgehead atoms. The maximum absolute atomic E-state index is 11.4. The first-order chi connectivity index (χ1) is 8.59. The molecule has 2 aromatic rings. The van der Waals surface area contributed by atoms with Gasteiger partial charge in [-0.1, -0.05) is 18.2 Å². The quantitative estimate of drug-likeness (QED) is 0.773. The van der Waals surface area contributed by atoms with Crippen molar-refractivity contribution in [2.24, 2.45) is 17.3 Å². The molecule has 0 aliphatic carbocycles. The summed E-state index contributed by atoms with van der Waals surface area (Å²) in [6.07, 6.45) is 0. The fraction of sp³-hybridized carbons (Fsp3) is 0.0909. The van der Waals surface area contributed by atoms with Gasteiger partial charge in [0.15, 0.2) is 5.82 Å². The van der Waals surface area contributed by atoms with Crippen LogP contribution < -0.4 is 17.0 Å². The molecule has 7 heteroatoms. The number of nitrogens with zero attached hydrogens (tertiary/aromatic N) is 3. The van der Waals surface area contributed by atoms with Crippen molar-refractivity contribution < 1.29 is 0 Å². The summed E-state index contributed by atoms with van der Waals surface area (Å²) < 4.78 is 1.13. The lowest BCUT2D eigenvalue weighted by atomic mass is 10.3. The Labute approximate surface area is 102 Å². The minimum atomic E-state index is -0.667. The summed E-state index contributed by atoms with van der Waals surface area (Å²) in [6, 6.07) is 8.93. The molecule has 0 amide bonds. The summed E-state index contributed by atoms with van der Waals surface area (Å²) in [6.45, 7) is 0. The molecular formula is C11H11N5O2. The fourth-order valence-electron chi connectivity index (χ4n) is 1.35. The Hall–Kier alpha value is -2.70. The molecule has 0 atom stereocenters. The molecule has 0 aliphatic rings. The molecule has 2 rings (SSSR count). The van der Waals surface area contributed by atoms with Crippen LogP contribution in [0, 0.1) is 0 Å². The number of aromatic amines is 1. The molecule has 0 spiro atoms. The molecule has 0 unspecified atom stereocenters. The van der Waals surface area contributed by atoms with Gasteiger partial charge in [0.05, 0.1) is 5.69 Å². The first-order valence-corrected chi connectivity index (χ1v) is 5.15. The van der Waals surface area contributed by atoms with Crippen molar-refractivity contribution in [1.29, 1.82) is 0 Å². The van der Waals surface area contributed by atoms with Gasteiger partial charge < -0.3 is 5.73 Å². The first kappa shape index (κ1) is 11.8. The van der Waals surface area contributed by atoms with Gasteiger partial charge in [0, 0.05) is 7.05 Å². The van der Waals surface area contributed by atoms with Crippen molar-refractivity contribution in [2.45, 2.75) is 0 Å². The molecule has 0 saturated carbocycles. The van der Waals surface area contributed by atoms with Crippen molar-refractivity contribution in [1.82, 2.24) is 9.55 Å². The minimum absolute atomic E-state index is 0.0348. The van der Waals surface area contributed by atoms with Crippen molar-refractivity contribution in [3.05, 3.63) is 51.2 Å². The van der Waals surface area contributed by atoms with E-state index in [0.29, 0.717) is 5.69 Å². The van der Waals surface area contributed by atoms with Gasteiger partial charge in [-0.05, 0) is 12.1 Å². The van der Waals surface area contributed by atoms with E-state index in [1.54, 1.807) is 24.3 Å². The van der Waals surface area contributed by atoms with Crippen molar-refractivity contribution in [3.8, 4) is 0 Å². The van der Waals surface area contributed by atoms with Crippen LogP contribution in [0.3, 0.4) is 0 Å². The van der Waals surface area contributed by atoms with Gasteiger partial charge in [-0.15, -0.1) is 10.2 Å². The number of hydrogen-bond donors (Lipinski definition) is 2. The molecule has 92 valence electrons. The zero-order valence-corrected chi connectivity index (χ0v) is 9.62. The molecule has 18 heavy (non-hydrogen) atoms. The number of aromatic nitrogens is 2. The van der Waals surface area contributed by atoms with E-state index in [-0.39, 0.29) is 11.5 Å². The summed E-state index contributed by atoms with van der Waals surface area (Å²) >= 11 is 0. The SMILES string of the molecule is Cn1c(N=Nc2ccccc2)c(N)c(=O)[nH]c1=O. The van der Waals surface area contributed by atoms with Gasteiger partial charge in [0.2, 0.25) is 0 Å². The van der Waals surface area contributed by atoms with Gasteiger partial charge >= 0.3 is 5.69 Å². The Bertz CT molecular complexity index is 665. The normalized spacial score (nSPS) is 10.9. The van der Waals surface area contributed by atoms with Crippen LogP contribution in [0.4, 0.5) is 17.2 Å². The zero-order valence-electron chi connectivity index (χ0n) is 9.62. The van der Waals surface area contributed by atoms with E-state index in [1.165, 1.54) is 7.05 Å². The van der Waals surface area contributed by atoms with Crippen LogP contribution in [-0.4, -0.2) is 9.55 Å². The van der Waals surface area contributed by atoms with E-state index >= 15 is 0 Å². The predicted molar refractivity (Wildman–Crippen MR) is 67.3 cm³/mol. The second kappa shape index (κ2) is 4.66. The number of nitrogens with one attached hydrogen (secondary N) is 1. The molecule has 7 nitrogen and oxygen atoms in total. The van der Waals surface area contributed by atoms with Gasteiger partial charge in [0.1, 0.15) is 5.69 Å². The molecule has 3 N–H and O–H groups in total. The highest BCUT2D eigenvalue weighted by atomic mass is 16.2. The highest BCUT2D eigenvalue weighted by molar-refractivity contribution is 5.55. The van der Waals surface area contributed by atoms with E-state index in [9.17, 15) is 9.59 Å². The summed E-state index contributed by atoms with van der Waals surface area (Å²) in [5.74, 6) is 0.0348. The number of azo groups is 1. The summed E-state index contributed by atoms with van der Waals surface area (Å²) in [5, 5.41) is 7.75. The lowest BCUT2D eigenvalue weighted by molar-refractivity contribution is 0.797. The van der Waals surface area contributed by atoms with Crippen LogP contribution in [-0.2, 0) is 7.05 Å². The summed E-state index contributed by atoms with van der Waals surface area (Å²) in [4.78, 5) is 24.8. The van der Waals surface area contributed by atoms with Crippen LogP contribution in [0.15, 0.2) is 50.1 Å². The number of rotatable bonds is 2. The Kier molecular flexibility index (Phi) is 3.05. The first-order valence-electron chi connectivity index (χ1n) is 5.15. The second-order valence-electron chi connectivity index (χ2n) is 3.59. The fourth-order valence-corrected chi connectivity index (χ4v) is 1.35. The number of anilines is 1. The van der Waals surface area contributed by atoms with E-state index in [2.05, 4.69) is 15.2 Å². The highest BCUT2D eigenvalue weighted by Crippen LogP contribution is 2.18. The molecule has 1 heterocycles. The van der Waals surface area contributed by atoms with Crippen LogP contribution in [0.2, 0.25) is 0 Å². The molecule has 0 radical (unpaired) electrons. The van der Waals surface area contributed by atoms with Crippen molar-refractivity contribution in [2.75, 3.05) is 5.73 Å². The monoisotopic (exact) mass is 245 g/mol. The van der Waals surface area contributed by atoms with Crippen molar-refractivity contribution >= 4 is 17.2 Å². The minimum Gasteiger partial charge on any atom is -0.391 e. The Morgan fingerprint density at radius 2 is 1.83 bits per heavy atom. The highest BCUT2D eigenvalue weighted by Gasteiger charge is 2.08. The maximum Gasteiger partial charge on any atom is 0.329 e. The van der Waals surface area contributed by atoms with E-state index in [1.807, 2.05) is 6.07 Å². The van der Waals surface area contributed by atoms with Crippen LogP contribution in [0.25, 0.3) is 0 Å². The van der Waals surface area contributed by atoms with E-state index < -0.39 is 11.2 Å². The summed E-state index contributed by atoms with van der Waals surface area (Å²) in [7, 11) is 1.45. The molecule has 0 aliphatic heterocycles. The molecule has 0 fully saturated rings. The summed E-state index contributed by atoms with van der Waals surface area (Å²) in [5.41, 5.74) is 4.77. The molecule has 1 aromatic heterocycles. The van der Waals surface area contributed by atoms with Gasteiger partial charge in [-0.3, -0.25) is 14.3 Å². The smallest absolute Gasteiger partial charge is 0.329 e. The standard InChI is InChI=1S/C11H11N5O2/c1-16-9(8(12)10(17)13-11(16)18)15-14-7-5-3-2-4-6-7/h2-6H,12H2,1H3,(H,13,17,18). The number of H-pyrrole nitrogens is 1. The molecule has 1 aromatic carbocycles. The number of nitrogens with two attached hydrogens (primary N) is 1. The number of benzene rings is 1. The lowest BCUT2D eigenvalue weighted by Crippen LogP contribution is -2.29. The Morgan fingerprint density at radius 3 is 2.50 bits per heavy atom. The van der Waals surface area contributed by atoms with Gasteiger partial charge in [0.25, 0.3) is 5.56 Å². The van der Waals surface area contributed by atoms with Gasteiger partial charge in [-0.25, -0.2) is 4.79 Å². The van der Waals surface area contributed by atoms with Crippen LogP contribution in [0.1, 0.15) is 0 Å².